The maximum absolute atomic E-state index is 11.0. The Kier molecular flexibility index (Phi) is 3.70. The third-order valence-corrected chi connectivity index (χ3v) is 3.56. The molecule has 0 unspecified atom stereocenters. The van der Waals surface area contributed by atoms with Gasteiger partial charge in [0.15, 0.2) is 0 Å². The quantitative estimate of drug-likeness (QED) is 0.654. The molecule has 0 saturated carbocycles. The molecule has 1 aromatic carbocycles. The van der Waals surface area contributed by atoms with Gasteiger partial charge in [0.05, 0.1) is 10.5 Å². The summed E-state index contributed by atoms with van der Waals surface area (Å²) in [5, 5.41) is 26.9. The minimum Gasteiger partial charge on any atom is -0.478 e. The Labute approximate surface area is 117 Å². The fourth-order valence-corrected chi connectivity index (χ4v) is 2.47. The van der Waals surface area contributed by atoms with Crippen molar-refractivity contribution in [2.45, 2.75) is 23.9 Å². The Morgan fingerprint density at radius 2 is 2.15 bits per heavy atom. The van der Waals surface area contributed by atoms with Gasteiger partial charge in [-0.1, -0.05) is 0 Å². The molecule has 1 heterocycles. The first-order valence-corrected chi connectivity index (χ1v) is 6.29. The van der Waals surface area contributed by atoms with E-state index in [9.17, 15) is 14.9 Å². The van der Waals surface area contributed by atoms with E-state index in [1.54, 1.807) is 13.8 Å². The minimum atomic E-state index is -1.22. The van der Waals surface area contributed by atoms with Crippen molar-refractivity contribution in [3.63, 3.8) is 0 Å². The number of hydrogen-bond donors (Lipinski definition) is 2. The van der Waals surface area contributed by atoms with Gasteiger partial charge in [0.25, 0.3) is 5.69 Å². The third kappa shape index (κ3) is 2.77. The number of aromatic amines is 1. The van der Waals surface area contributed by atoms with Crippen molar-refractivity contribution in [3.8, 4) is 0 Å². The normalized spacial score (nSPS) is 10.5. The molecule has 20 heavy (non-hydrogen) atoms. The average Bonchev–Trinajstić information content (AvgIpc) is 2.76. The summed E-state index contributed by atoms with van der Waals surface area (Å²) in [7, 11) is 0. The molecule has 0 aliphatic carbocycles. The molecular weight excluding hydrogens is 284 g/mol. The van der Waals surface area contributed by atoms with Crippen molar-refractivity contribution in [2.24, 2.45) is 0 Å². The molecule has 0 radical (unpaired) electrons. The fraction of sp³-hybridized carbons (Fsp3) is 0.182. The summed E-state index contributed by atoms with van der Waals surface area (Å²) in [6, 6.07) is 2.42. The summed E-state index contributed by atoms with van der Waals surface area (Å²) in [4.78, 5) is 25.9. The first-order chi connectivity index (χ1) is 9.38. The van der Waals surface area contributed by atoms with E-state index < -0.39 is 10.9 Å². The molecule has 0 fully saturated rings. The second kappa shape index (κ2) is 5.29. The Balaban J connectivity index is 2.50. The number of nitro groups is 1. The predicted molar refractivity (Wildman–Crippen MR) is 70.0 cm³/mol. The number of H-pyrrole nitrogens is 1. The van der Waals surface area contributed by atoms with Crippen LogP contribution < -0.4 is 0 Å². The van der Waals surface area contributed by atoms with E-state index in [-0.39, 0.29) is 11.3 Å². The monoisotopic (exact) mass is 294 g/mol. The number of aryl methyl sites for hydroxylation is 1. The lowest BCUT2D eigenvalue weighted by Gasteiger charge is -2.05. The molecule has 2 aromatic rings. The van der Waals surface area contributed by atoms with E-state index in [1.807, 2.05) is 0 Å². The highest BCUT2D eigenvalue weighted by molar-refractivity contribution is 7.99. The number of nitro benzene ring substituents is 1. The summed E-state index contributed by atoms with van der Waals surface area (Å²) >= 11 is 1.08. The van der Waals surface area contributed by atoms with Crippen molar-refractivity contribution in [1.82, 2.24) is 15.2 Å². The van der Waals surface area contributed by atoms with Crippen molar-refractivity contribution < 1.29 is 14.8 Å². The van der Waals surface area contributed by atoms with Gasteiger partial charge >= 0.3 is 5.97 Å². The zero-order valence-electron chi connectivity index (χ0n) is 10.6. The number of aromatic nitrogens is 3. The van der Waals surface area contributed by atoms with Gasteiger partial charge in [-0.05, 0) is 31.7 Å². The van der Waals surface area contributed by atoms with Gasteiger partial charge < -0.3 is 5.11 Å². The molecule has 2 rings (SSSR count). The molecule has 0 saturated heterocycles. The maximum Gasteiger partial charge on any atom is 0.335 e. The first-order valence-electron chi connectivity index (χ1n) is 5.47. The van der Waals surface area contributed by atoms with Gasteiger partial charge in [-0.3, -0.25) is 15.2 Å². The van der Waals surface area contributed by atoms with Crippen LogP contribution in [0.2, 0.25) is 0 Å². The number of carbonyl (C=O) groups is 1. The number of hydrogen-bond acceptors (Lipinski definition) is 6. The zero-order valence-corrected chi connectivity index (χ0v) is 11.4. The lowest BCUT2D eigenvalue weighted by atomic mass is 10.1. The van der Waals surface area contributed by atoms with Crippen molar-refractivity contribution in [1.29, 1.82) is 0 Å². The highest BCUT2D eigenvalue weighted by atomic mass is 32.2. The zero-order chi connectivity index (χ0) is 14.9. The van der Waals surface area contributed by atoms with E-state index >= 15 is 0 Å². The standard InChI is InChI=1S/C11H10N4O4S/c1-5-8(15(18)19)3-7(10(16)17)4-9(5)20-11-12-6(2)13-14-11/h3-4H,1-2H3,(H,16,17)(H,12,13,14). The van der Waals surface area contributed by atoms with Crippen molar-refractivity contribution in [2.75, 3.05) is 0 Å². The molecule has 0 amide bonds. The number of nitrogens with zero attached hydrogens (tertiary/aromatic N) is 3. The van der Waals surface area contributed by atoms with Crippen LogP contribution in [0.5, 0.6) is 0 Å². The second-order valence-electron chi connectivity index (χ2n) is 3.99. The number of rotatable bonds is 4. The minimum absolute atomic E-state index is 0.142. The smallest absolute Gasteiger partial charge is 0.335 e. The number of carboxylic acid groups (broad SMARTS) is 1. The summed E-state index contributed by atoms with van der Waals surface area (Å²) in [5.74, 6) is -0.616. The molecule has 1 aromatic heterocycles. The van der Waals surface area contributed by atoms with Crippen LogP contribution >= 0.6 is 11.8 Å². The highest BCUT2D eigenvalue weighted by Gasteiger charge is 2.20. The second-order valence-corrected chi connectivity index (χ2v) is 5.00. The summed E-state index contributed by atoms with van der Waals surface area (Å²) in [6.45, 7) is 3.28. The van der Waals surface area contributed by atoms with Crippen LogP contribution in [0, 0.1) is 24.0 Å². The molecule has 0 spiro atoms. The van der Waals surface area contributed by atoms with E-state index in [2.05, 4.69) is 15.2 Å². The number of carboxylic acids is 1. The van der Waals surface area contributed by atoms with Gasteiger partial charge in [0.1, 0.15) is 5.82 Å². The van der Waals surface area contributed by atoms with E-state index in [0.717, 1.165) is 17.8 Å². The predicted octanol–water partition coefficient (Wildman–Crippen LogP) is 2.18. The van der Waals surface area contributed by atoms with Crippen LogP contribution in [-0.2, 0) is 0 Å². The lowest BCUT2D eigenvalue weighted by Crippen LogP contribution is -2.01. The van der Waals surface area contributed by atoms with E-state index in [4.69, 9.17) is 5.11 Å². The SMILES string of the molecule is Cc1nc(Sc2cc(C(=O)O)cc([N+](=O)[O-])c2C)n[nH]1. The molecule has 8 nitrogen and oxygen atoms in total. The number of aromatic carboxylic acids is 1. The Hall–Kier alpha value is -2.42. The Morgan fingerprint density at radius 3 is 2.65 bits per heavy atom. The molecule has 9 heteroatoms. The molecule has 0 bridgehead atoms. The number of benzene rings is 1. The van der Waals surface area contributed by atoms with Crippen LogP contribution in [0.25, 0.3) is 0 Å². The van der Waals surface area contributed by atoms with Gasteiger partial charge in [0.2, 0.25) is 5.16 Å². The van der Waals surface area contributed by atoms with E-state index in [1.165, 1.54) is 6.07 Å². The molecule has 0 aliphatic heterocycles. The molecule has 2 N–H and O–H groups in total. The number of nitrogens with one attached hydrogen (secondary N) is 1. The first kappa shape index (κ1) is 14.0. The van der Waals surface area contributed by atoms with Crippen LogP contribution in [0.15, 0.2) is 22.2 Å². The van der Waals surface area contributed by atoms with Gasteiger partial charge in [-0.2, -0.15) is 0 Å². The molecule has 104 valence electrons. The van der Waals surface area contributed by atoms with Gasteiger partial charge in [-0.15, -0.1) is 5.10 Å². The van der Waals surface area contributed by atoms with E-state index in [0.29, 0.717) is 21.4 Å². The third-order valence-electron chi connectivity index (χ3n) is 2.55. The van der Waals surface area contributed by atoms with Crippen LogP contribution in [0.1, 0.15) is 21.7 Å². The fourth-order valence-electron chi connectivity index (χ4n) is 1.56. The summed E-state index contributed by atoms with van der Waals surface area (Å²) in [5.41, 5.74) is 0.00386. The molecular formula is C11H10N4O4S. The average molecular weight is 294 g/mol. The van der Waals surface area contributed by atoms with Crippen molar-refractivity contribution in [3.05, 3.63) is 39.2 Å². The van der Waals surface area contributed by atoms with Crippen LogP contribution in [-0.4, -0.2) is 31.2 Å². The highest BCUT2D eigenvalue weighted by Crippen LogP contribution is 2.34. The lowest BCUT2D eigenvalue weighted by molar-refractivity contribution is -0.385. The van der Waals surface area contributed by atoms with Crippen molar-refractivity contribution >= 4 is 23.4 Å². The van der Waals surface area contributed by atoms with Gasteiger partial charge in [-0.25, -0.2) is 9.78 Å². The Bertz CT molecular complexity index is 698. The Morgan fingerprint density at radius 1 is 1.45 bits per heavy atom. The molecule has 0 aliphatic rings. The molecule has 0 atom stereocenters. The maximum atomic E-state index is 11.0. The van der Waals surface area contributed by atoms with Crippen LogP contribution in [0.3, 0.4) is 0 Å². The summed E-state index contributed by atoms with van der Waals surface area (Å²) in [6.07, 6.45) is 0. The summed E-state index contributed by atoms with van der Waals surface area (Å²) < 4.78 is 0. The van der Waals surface area contributed by atoms with Gasteiger partial charge in [0, 0.05) is 16.5 Å². The largest absolute Gasteiger partial charge is 0.478 e. The van der Waals surface area contributed by atoms with Crippen LogP contribution in [0.4, 0.5) is 5.69 Å². The topological polar surface area (TPSA) is 122 Å².